The van der Waals surface area contributed by atoms with Gasteiger partial charge in [0.25, 0.3) is 0 Å². The maximum Gasteiger partial charge on any atom is 0.236 e. The van der Waals surface area contributed by atoms with Crippen molar-refractivity contribution in [3.05, 3.63) is 52.5 Å². The fourth-order valence-electron chi connectivity index (χ4n) is 1.99. The Morgan fingerprint density at radius 3 is 2.48 bits per heavy atom. The average Bonchev–Trinajstić information content (AvgIpc) is 2.60. The van der Waals surface area contributed by atoms with Gasteiger partial charge in [-0.1, -0.05) is 28.1 Å². The minimum atomic E-state index is -0.237. The third-order valence-electron chi connectivity index (χ3n) is 3.07. The molecule has 2 aromatic carbocycles. The van der Waals surface area contributed by atoms with E-state index in [1.807, 2.05) is 42.5 Å². The molecule has 1 amide bonds. The molecule has 2 rings (SSSR count). The van der Waals surface area contributed by atoms with Gasteiger partial charge in [0.1, 0.15) is 19.0 Å². The lowest BCUT2D eigenvalue weighted by atomic mass is 10.2. The molecule has 0 atom stereocenters. The summed E-state index contributed by atoms with van der Waals surface area (Å²) in [6, 6.07) is 13.0. The van der Waals surface area contributed by atoms with Gasteiger partial charge in [-0.2, -0.15) is 5.10 Å². The summed E-state index contributed by atoms with van der Waals surface area (Å²) >= 11 is 3.40. The molecule has 25 heavy (non-hydrogen) atoms. The number of hydrazone groups is 1. The number of hydrogen-bond donors (Lipinski definition) is 1. The highest BCUT2D eigenvalue weighted by Crippen LogP contribution is 2.26. The van der Waals surface area contributed by atoms with Crippen molar-refractivity contribution in [1.82, 2.24) is 5.43 Å². The lowest BCUT2D eigenvalue weighted by molar-refractivity contribution is -0.118. The maximum atomic E-state index is 10.9. The molecule has 0 aliphatic rings. The molecule has 132 valence electrons. The van der Waals surface area contributed by atoms with E-state index in [4.69, 9.17) is 14.2 Å². The van der Waals surface area contributed by atoms with Crippen LogP contribution in [0.5, 0.6) is 17.2 Å². The molecule has 0 saturated carbocycles. The SMILES string of the molecule is COc1ccccc1OCCOc1ccc(Br)cc1C=NNC(C)=O. The molecule has 2 aromatic rings. The van der Waals surface area contributed by atoms with Gasteiger partial charge in [-0.25, -0.2) is 5.43 Å². The Morgan fingerprint density at radius 2 is 1.80 bits per heavy atom. The Bertz CT molecular complexity index is 750. The first-order chi connectivity index (χ1) is 12.1. The third-order valence-corrected chi connectivity index (χ3v) is 3.56. The Kier molecular flexibility index (Phi) is 7.28. The van der Waals surface area contributed by atoms with Crippen molar-refractivity contribution in [2.75, 3.05) is 20.3 Å². The Hall–Kier alpha value is -2.54. The summed E-state index contributed by atoms with van der Waals surface area (Å²) in [6.45, 7) is 2.10. The maximum absolute atomic E-state index is 10.9. The lowest BCUT2D eigenvalue weighted by Crippen LogP contribution is -2.13. The van der Waals surface area contributed by atoms with E-state index in [0.717, 1.165) is 10.0 Å². The predicted molar refractivity (Wildman–Crippen MR) is 99.5 cm³/mol. The Balaban J connectivity index is 1.94. The molecular weight excluding hydrogens is 388 g/mol. The summed E-state index contributed by atoms with van der Waals surface area (Å²) in [5, 5.41) is 3.87. The van der Waals surface area contributed by atoms with E-state index < -0.39 is 0 Å². The molecule has 1 N–H and O–H groups in total. The molecule has 0 bridgehead atoms. The number of methoxy groups -OCH3 is 1. The second-order valence-electron chi connectivity index (χ2n) is 4.96. The summed E-state index contributed by atoms with van der Waals surface area (Å²) in [7, 11) is 1.60. The quantitative estimate of drug-likeness (QED) is 0.414. The minimum absolute atomic E-state index is 0.237. The van der Waals surface area contributed by atoms with Crippen LogP contribution in [0.15, 0.2) is 52.0 Å². The van der Waals surface area contributed by atoms with E-state index in [1.165, 1.54) is 13.1 Å². The summed E-state index contributed by atoms with van der Waals surface area (Å²) in [4.78, 5) is 10.9. The third kappa shape index (κ3) is 6.11. The summed E-state index contributed by atoms with van der Waals surface area (Å²) in [5.41, 5.74) is 3.10. The van der Waals surface area contributed by atoms with Crippen LogP contribution < -0.4 is 19.6 Å². The summed E-state index contributed by atoms with van der Waals surface area (Å²) in [6.07, 6.45) is 1.53. The van der Waals surface area contributed by atoms with E-state index in [-0.39, 0.29) is 5.91 Å². The number of rotatable bonds is 8. The molecule has 0 saturated heterocycles. The number of carbonyl (C=O) groups is 1. The summed E-state index contributed by atoms with van der Waals surface area (Å²) < 4.78 is 17.5. The number of halogens is 1. The van der Waals surface area contributed by atoms with Crippen molar-refractivity contribution in [2.45, 2.75) is 6.92 Å². The van der Waals surface area contributed by atoms with Crippen LogP contribution in [0.3, 0.4) is 0 Å². The molecule has 0 radical (unpaired) electrons. The van der Waals surface area contributed by atoms with Gasteiger partial charge in [0, 0.05) is 17.0 Å². The molecule has 0 aromatic heterocycles. The number of benzene rings is 2. The van der Waals surface area contributed by atoms with E-state index in [0.29, 0.717) is 30.5 Å². The van der Waals surface area contributed by atoms with Crippen LogP contribution in [0.2, 0.25) is 0 Å². The zero-order valence-electron chi connectivity index (χ0n) is 14.0. The van der Waals surface area contributed by atoms with Gasteiger partial charge in [0.05, 0.1) is 13.3 Å². The standard InChI is InChI=1S/C18H19BrN2O4/c1-13(22)21-20-12-14-11-15(19)7-8-16(14)24-9-10-25-18-6-4-3-5-17(18)23-2/h3-8,11-12H,9-10H2,1-2H3,(H,21,22). The van der Waals surface area contributed by atoms with Crippen molar-refractivity contribution >= 4 is 28.1 Å². The van der Waals surface area contributed by atoms with Crippen LogP contribution >= 0.6 is 15.9 Å². The van der Waals surface area contributed by atoms with Crippen molar-refractivity contribution in [1.29, 1.82) is 0 Å². The van der Waals surface area contributed by atoms with Gasteiger partial charge in [-0.05, 0) is 30.3 Å². The fraction of sp³-hybridized carbons (Fsp3) is 0.222. The monoisotopic (exact) mass is 406 g/mol. The zero-order valence-corrected chi connectivity index (χ0v) is 15.6. The van der Waals surface area contributed by atoms with E-state index in [9.17, 15) is 4.79 Å². The molecule has 0 aliphatic heterocycles. The second-order valence-corrected chi connectivity index (χ2v) is 5.87. The number of ether oxygens (including phenoxy) is 3. The number of carbonyl (C=O) groups excluding carboxylic acids is 1. The minimum Gasteiger partial charge on any atom is -0.493 e. The number of hydrogen-bond acceptors (Lipinski definition) is 5. The van der Waals surface area contributed by atoms with Crippen molar-refractivity contribution in [3.63, 3.8) is 0 Å². The molecular formula is C18H19BrN2O4. The molecule has 0 fully saturated rings. The number of nitrogens with one attached hydrogen (secondary N) is 1. The van der Waals surface area contributed by atoms with Crippen molar-refractivity contribution < 1.29 is 19.0 Å². The van der Waals surface area contributed by atoms with Gasteiger partial charge >= 0.3 is 0 Å². The molecule has 7 heteroatoms. The van der Waals surface area contributed by atoms with Crippen LogP contribution in [-0.4, -0.2) is 32.4 Å². The Labute approximate surface area is 154 Å². The number of amides is 1. The average molecular weight is 407 g/mol. The first kappa shape index (κ1) is 18.8. The van der Waals surface area contributed by atoms with Gasteiger partial charge in [-0.3, -0.25) is 4.79 Å². The van der Waals surface area contributed by atoms with Gasteiger partial charge in [0.2, 0.25) is 5.91 Å². The van der Waals surface area contributed by atoms with Gasteiger partial charge < -0.3 is 14.2 Å². The van der Waals surface area contributed by atoms with Gasteiger partial charge in [-0.15, -0.1) is 0 Å². The van der Waals surface area contributed by atoms with Crippen LogP contribution in [0.4, 0.5) is 0 Å². The zero-order chi connectivity index (χ0) is 18.1. The van der Waals surface area contributed by atoms with Crippen LogP contribution in [0.1, 0.15) is 12.5 Å². The molecule has 0 spiro atoms. The number of para-hydroxylation sites is 2. The molecule has 6 nitrogen and oxygen atoms in total. The fourth-order valence-corrected chi connectivity index (χ4v) is 2.36. The van der Waals surface area contributed by atoms with E-state index in [1.54, 1.807) is 7.11 Å². The Morgan fingerprint density at radius 1 is 1.12 bits per heavy atom. The highest BCUT2D eigenvalue weighted by Gasteiger charge is 2.05. The highest BCUT2D eigenvalue weighted by atomic mass is 79.9. The molecule has 0 heterocycles. The van der Waals surface area contributed by atoms with E-state index >= 15 is 0 Å². The smallest absolute Gasteiger partial charge is 0.236 e. The normalized spacial score (nSPS) is 10.5. The predicted octanol–water partition coefficient (Wildman–Crippen LogP) is 3.39. The van der Waals surface area contributed by atoms with E-state index in [2.05, 4.69) is 26.5 Å². The summed E-state index contributed by atoms with van der Waals surface area (Å²) in [5.74, 6) is 1.74. The first-order valence-electron chi connectivity index (χ1n) is 7.58. The topological polar surface area (TPSA) is 69.2 Å². The molecule has 0 aliphatic carbocycles. The highest BCUT2D eigenvalue weighted by molar-refractivity contribution is 9.10. The van der Waals surface area contributed by atoms with Crippen LogP contribution in [0, 0.1) is 0 Å². The van der Waals surface area contributed by atoms with Crippen LogP contribution in [-0.2, 0) is 4.79 Å². The largest absolute Gasteiger partial charge is 0.493 e. The second kappa shape index (κ2) is 9.68. The van der Waals surface area contributed by atoms with Gasteiger partial charge in [0.15, 0.2) is 11.5 Å². The number of nitrogens with zero attached hydrogens (tertiary/aromatic N) is 1. The van der Waals surface area contributed by atoms with Crippen molar-refractivity contribution in [3.8, 4) is 17.2 Å². The first-order valence-corrected chi connectivity index (χ1v) is 8.37. The molecule has 0 unspecified atom stereocenters. The lowest BCUT2D eigenvalue weighted by Gasteiger charge is -2.12. The van der Waals surface area contributed by atoms with Crippen LogP contribution in [0.25, 0.3) is 0 Å². The van der Waals surface area contributed by atoms with Crippen molar-refractivity contribution in [2.24, 2.45) is 5.10 Å².